The lowest BCUT2D eigenvalue weighted by molar-refractivity contribution is 0.734. The quantitative estimate of drug-likeness (QED) is 0.782. The average Bonchev–Trinajstić information content (AvgIpc) is 2.38. The van der Waals surface area contributed by atoms with E-state index < -0.39 is 0 Å². The first kappa shape index (κ1) is 12.2. The number of nitrogens with zero attached hydrogens (tertiary/aromatic N) is 2. The predicted octanol–water partition coefficient (Wildman–Crippen LogP) is 4.42. The Kier molecular flexibility index (Phi) is 3.89. The highest BCUT2D eigenvalue weighted by Gasteiger charge is 2.04. The Morgan fingerprint density at radius 3 is 2.47 bits per heavy atom. The molecule has 0 amide bonds. The Labute approximate surface area is 110 Å². The van der Waals surface area contributed by atoms with Gasteiger partial charge in [0.2, 0.25) is 0 Å². The summed E-state index contributed by atoms with van der Waals surface area (Å²) in [5, 5.41) is 0. The first-order valence-corrected chi connectivity index (χ1v) is 6.59. The molecule has 0 spiro atoms. The van der Waals surface area contributed by atoms with Crippen molar-refractivity contribution in [2.45, 2.75) is 26.2 Å². The minimum Gasteiger partial charge on any atom is -0.231 e. The maximum Gasteiger partial charge on any atom is 0.197 e. The summed E-state index contributed by atoms with van der Waals surface area (Å²) in [5.41, 5.74) is 3.45. The summed E-state index contributed by atoms with van der Waals surface area (Å²) >= 11 is 3.29. The number of hydrogen-bond donors (Lipinski definition) is 0. The summed E-state index contributed by atoms with van der Waals surface area (Å²) in [6.07, 6.45) is 2.92. The molecule has 0 saturated heterocycles. The van der Waals surface area contributed by atoms with Gasteiger partial charge in [0.15, 0.2) is 4.73 Å². The van der Waals surface area contributed by atoms with Crippen LogP contribution in [0, 0.1) is 0 Å². The summed E-state index contributed by atoms with van der Waals surface area (Å²) in [4.78, 5) is 8.37. The van der Waals surface area contributed by atoms with Crippen LogP contribution in [-0.4, -0.2) is 9.97 Å². The van der Waals surface area contributed by atoms with Crippen LogP contribution in [-0.2, 0) is 0 Å². The maximum absolute atomic E-state index is 4.34. The maximum atomic E-state index is 4.34. The topological polar surface area (TPSA) is 25.8 Å². The molecule has 0 aliphatic rings. The lowest BCUT2D eigenvalue weighted by atomic mass is 9.97. The Hall–Kier alpha value is -1.22. The van der Waals surface area contributed by atoms with Gasteiger partial charge in [0.25, 0.3) is 0 Å². The number of aromatic nitrogens is 2. The second-order valence-corrected chi connectivity index (χ2v) is 4.85. The van der Waals surface area contributed by atoms with E-state index in [1.165, 1.54) is 12.0 Å². The summed E-state index contributed by atoms with van der Waals surface area (Å²) in [6.45, 7) is 4.45. The zero-order valence-corrected chi connectivity index (χ0v) is 11.6. The van der Waals surface area contributed by atoms with Gasteiger partial charge in [-0.1, -0.05) is 38.1 Å². The standard InChI is InChI=1S/C14H15BrN2/c1-3-10(2)11-4-6-12(7-5-11)13-8-9-16-14(15)17-13/h4-10H,3H2,1-2H3. The van der Waals surface area contributed by atoms with Crippen LogP contribution in [0.5, 0.6) is 0 Å². The van der Waals surface area contributed by atoms with Gasteiger partial charge >= 0.3 is 0 Å². The van der Waals surface area contributed by atoms with Crippen molar-refractivity contribution >= 4 is 15.9 Å². The van der Waals surface area contributed by atoms with Crippen molar-refractivity contribution in [2.24, 2.45) is 0 Å². The molecule has 0 radical (unpaired) electrons. The SMILES string of the molecule is CCC(C)c1ccc(-c2ccnc(Br)n2)cc1. The molecule has 17 heavy (non-hydrogen) atoms. The second-order valence-electron chi connectivity index (χ2n) is 4.14. The van der Waals surface area contributed by atoms with Gasteiger partial charge in [0.05, 0.1) is 5.69 Å². The fraction of sp³-hybridized carbons (Fsp3) is 0.286. The third-order valence-electron chi connectivity index (χ3n) is 3.01. The number of benzene rings is 1. The highest BCUT2D eigenvalue weighted by atomic mass is 79.9. The molecule has 0 aliphatic carbocycles. The fourth-order valence-corrected chi connectivity index (χ4v) is 2.02. The zero-order chi connectivity index (χ0) is 12.3. The highest BCUT2D eigenvalue weighted by molar-refractivity contribution is 9.10. The molecule has 0 bridgehead atoms. The van der Waals surface area contributed by atoms with Gasteiger partial charge in [-0.25, -0.2) is 9.97 Å². The van der Waals surface area contributed by atoms with Gasteiger partial charge < -0.3 is 0 Å². The zero-order valence-electron chi connectivity index (χ0n) is 10.0. The van der Waals surface area contributed by atoms with Crippen LogP contribution in [0.2, 0.25) is 0 Å². The number of halogens is 1. The Morgan fingerprint density at radius 1 is 1.18 bits per heavy atom. The smallest absolute Gasteiger partial charge is 0.197 e. The van der Waals surface area contributed by atoms with E-state index in [2.05, 4.69) is 64.0 Å². The molecule has 2 nitrogen and oxygen atoms in total. The summed E-state index contributed by atoms with van der Waals surface area (Å²) in [5.74, 6) is 0.612. The van der Waals surface area contributed by atoms with E-state index in [9.17, 15) is 0 Å². The summed E-state index contributed by atoms with van der Waals surface area (Å²) in [7, 11) is 0. The van der Waals surface area contributed by atoms with Gasteiger partial charge in [-0.2, -0.15) is 0 Å². The van der Waals surface area contributed by atoms with Crippen molar-refractivity contribution in [3.63, 3.8) is 0 Å². The molecule has 0 aliphatic heterocycles. The van der Waals surface area contributed by atoms with E-state index in [0.717, 1.165) is 11.3 Å². The monoisotopic (exact) mass is 290 g/mol. The minimum atomic E-state index is 0.612. The van der Waals surface area contributed by atoms with Crippen LogP contribution in [0.3, 0.4) is 0 Å². The van der Waals surface area contributed by atoms with Gasteiger partial charge in [-0.3, -0.25) is 0 Å². The average molecular weight is 291 g/mol. The van der Waals surface area contributed by atoms with Crippen molar-refractivity contribution in [2.75, 3.05) is 0 Å². The Morgan fingerprint density at radius 2 is 1.88 bits per heavy atom. The van der Waals surface area contributed by atoms with E-state index in [-0.39, 0.29) is 0 Å². The molecule has 2 rings (SSSR count). The summed E-state index contributed by atoms with van der Waals surface area (Å²) in [6, 6.07) is 10.5. The van der Waals surface area contributed by atoms with Crippen molar-refractivity contribution < 1.29 is 0 Å². The molecule has 0 N–H and O–H groups in total. The first-order valence-electron chi connectivity index (χ1n) is 5.79. The first-order chi connectivity index (χ1) is 8.20. The predicted molar refractivity (Wildman–Crippen MR) is 73.9 cm³/mol. The molecule has 1 heterocycles. The third-order valence-corrected chi connectivity index (χ3v) is 3.40. The molecule has 1 atom stereocenters. The molecule has 2 aromatic rings. The molecule has 1 aromatic heterocycles. The molecule has 0 saturated carbocycles. The highest BCUT2D eigenvalue weighted by Crippen LogP contribution is 2.23. The summed E-state index contributed by atoms with van der Waals surface area (Å²) < 4.78 is 0.626. The molecule has 3 heteroatoms. The van der Waals surface area contributed by atoms with Crippen LogP contribution in [0.25, 0.3) is 11.3 Å². The van der Waals surface area contributed by atoms with Gasteiger partial charge in [0, 0.05) is 11.8 Å². The van der Waals surface area contributed by atoms with E-state index >= 15 is 0 Å². The van der Waals surface area contributed by atoms with Crippen LogP contribution in [0.1, 0.15) is 31.7 Å². The van der Waals surface area contributed by atoms with Crippen LogP contribution in [0.4, 0.5) is 0 Å². The van der Waals surface area contributed by atoms with E-state index in [0.29, 0.717) is 10.7 Å². The molecular formula is C14H15BrN2. The van der Waals surface area contributed by atoms with Crippen molar-refractivity contribution in [3.8, 4) is 11.3 Å². The fourth-order valence-electron chi connectivity index (χ4n) is 1.71. The van der Waals surface area contributed by atoms with Crippen LogP contribution >= 0.6 is 15.9 Å². The molecule has 0 fully saturated rings. The van der Waals surface area contributed by atoms with Gasteiger partial charge in [-0.15, -0.1) is 0 Å². The second kappa shape index (κ2) is 5.41. The van der Waals surface area contributed by atoms with Crippen molar-refractivity contribution in [1.82, 2.24) is 9.97 Å². The lowest BCUT2D eigenvalue weighted by Crippen LogP contribution is -1.91. The van der Waals surface area contributed by atoms with E-state index in [1.54, 1.807) is 6.20 Å². The number of rotatable bonds is 3. The molecule has 1 unspecified atom stereocenters. The van der Waals surface area contributed by atoms with Crippen molar-refractivity contribution in [3.05, 3.63) is 46.8 Å². The molecule has 88 valence electrons. The largest absolute Gasteiger partial charge is 0.231 e. The van der Waals surface area contributed by atoms with Gasteiger partial charge in [-0.05, 0) is 39.9 Å². The van der Waals surface area contributed by atoms with E-state index in [4.69, 9.17) is 0 Å². The molecular weight excluding hydrogens is 276 g/mol. The number of hydrogen-bond acceptors (Lipinski definition) is 2. The third kappa shape index (κ3) is 2.91. The van der Waals surface area contributed by atoms with Crippen molar-refractivity contribution in [1.29, 1.82) is 0 Å². The van der Waals surface area contributed by atoms with E-state index in [1.807, 2.05) is 6.07 Å². The lowest BCUT2D eigenvalue weighted by Gasteiger charge is -2.09. The van der Waals surface area contributed by atoms with Crippen LogP contribution in [0.15, 0.2) is 41.3 Å². The van der Waals surface area contributed by atoms with Crippen LogP contribution < -0.4 is 0 Å². The minimum absolute atomic E-state index is 0.612. The Balaban J connectivity index is 2.29. The molecule has 1 aromatic carbocycles. The normalized spacial score (nSPS) is 12.4. The Bertz CT molecular complexity index is 494. The van der Waals surface area contributed by atoms with Gasteiger partial charge in [0.1, 0.15) is 0 Å².